The van der Waals surface area contributed by atoms with Crippen LogP contribution in [0.3, 0.4) is 0 Å². The third-order valence-electron chi connectivity index (χ3n) is 0.627. The van der Waals surface area contributed by atoms with Crippen molar-refractivity contribution >= 4 is 21.1 Å². The van der Waals surface area contributed by atoms with Crippen LogP contribution in [0.4, 0.5) is 0 Å². The Bertz CT molecular complexity index is 180. The second-order valence-electron chi connectivity index (χ2n) is 1.61. The highest BCUT2D eigenvalue weighted by atomic mass is 28.3. The van der Waals surface area contributed by atoms with Crippen LogP contribution in [-0.2, 0) is 22.9 Å². The molecule has 8 heteroatoms. The van der Waals surface area contributed by atoms with Gasteiger partial charge < -0.3 is 19.1 Å². The monoisotopic (exact) mass is 194 g/mol. The van der Waals surface area contributed by atoms with Crippen molar-refractivity contribution in [2.45, 2.75) is 0 Å². The van der Waals surface area contributed by atoms with E-state index in [9.17, 15) is 14.1 Å². The van der Waals surface area contributed by atoms with Crippen LogP contribution in [0.5, 0.6) is 0 Å². The number of hydrogen-bond donors (Lipinski definition) is 2. The summed E-state index contributed by atoms with van der Waals surface area (Å²) < 4.78 is 18.7. The van der Waals surface area contributed by atoms with Gasteiger partial charge in [0.15, 0.2) is 13.2 Å². The zero-order valence-electron chi connectivity index (χ0n) is 5.85. The van der Waals surface area contributed by atoms with Gasteiger partial charge in [0, 0.05) is 0 Å². The molecule has 0 aliphatic carbocycles. The van der Waals surface area contributed by atoms with E-state index in [0.717, 1.165) is 0 Å². The smallest absolute Gasteiger partial charge is 0.485 e. The lowest BCUT2D eigenvalue weighted by Gasteiger charge is -1.99. The summed E-state index contributed by atoms with van der Waals surface area (Å²) >= 11 is 0. The quantitative estimate of drug-likeness (QED) is 0.500. The molecule has 12 heavy (non-hydrogen) atoms. The maximum atomic E-state index is 10.5. The third-order valence-corrected chi connectivity index (χ3v) is 1.39. The van der Waals surface area contributed by atoms with E-state index in [-0.39, 0.29) is 0 Å². The highest BCUT2D eigenvalue weighted by Gasteiger charge is 2.14. The largest absolute Gasteiger partial charge is 0.768 e. The van der Waals surface area contributed by atoms with Crippen LogP contribution in [-0.4, -0.2) is 44.5 Å². The summed E-state index contributed by atoms with van der Waals surface area (Å²) in [5.41, 5.74) is 0. The van der Waals surface area contributed by atoms with Crippen molar-refractivity contribution in [2.75, 3.05) is 13.2 Å². The Morgan fingerprint density at radius 3 is 1.67 bits per heavy atom. The molecule has 0 unspecified atom stereocenters. The Balaban J connectivity index is 3.47. The van der Waals surface area contributed by atoms with E-state index in [4.69, 9.17) is 10.2 Å². The van der Waals surface area contributed by atoms with Crippen molar-refractivity contribution in [3.8, 4) is 0 Å². The average molecular weight is 194 g/mol. The molecule has 0 radical (unpaired) electrons. The Hall–Kier alpha value is -1.44. The van der Waals surface area contributed by atoms with E-state index in [1.807, 2.05) is 0 Å². The van der Waals surface area contributed by atoms with Gasteiger partial charge in [-0.25, -0.2) is 9.59 Å². The molecule has 0 aromatic rings. The Morgan fingerprint density at radius 2 is 1.42 bits per heavy atom. The zero-order chi connectivity index (χ0) is 9.56. The molecule has 0 heterocycles. The summed E-state index contributed by atoms with van der Waals surface area (Å²) in [5.74, 6) is -2.60. The van der Waals surface area contributed by atoms with Gasteiger partial charge in [0.25, 0.3) is 0 Å². The van der Waals surface area contributed by atoms with Crippen LogP contribution in [0.15, 0.2) is 0 Å². The van der Waals surface area contributed by atoms with Crippen molar-refractivity contribution in [1.29, 1.82) is 0 Å². The summed E-state index contributed by atoms with van der Waals surface area (Å²) in [6.45, 7) is -1.53. The first-order valence-corrected chi connectivity index (χ1v) is 3.98. The van der Waals surface area contributed by atoms with E-state index in [1.54, 1.807) is 0 Å². The highest BCUT2D eigenvalue weighted by Crippen LogP contribution is 1.79. The fraction of sp³-hybridized carbons (Fsp3) is 0.500. The predicted molar refractivity (Wildman–Crippen MR) is 33.6 cm³/mol. The fourth-order valence-corrected chi connectivity index (χ4v) is 0.849. The van der Waals surface area contributed by atoms with Gasteiger partial charge in [-0.15, -0.1) is 0 Å². The molecular formula is C4H6O7Si. The van der Waals surface area contributed by atoms with E-state index < -0.39 is 34.3 Å². The molecule has 2 N–H and O–H groups in total. The lowest BCUT2D eigenvalue weighted by atomic mass is 10.8. The zero-order valence-corrected chi connectivity index (χ0v) is 6.85. The second-order valence-corrected chi connectivity index (χ2v) is 2.69. The number of carbonyl (C=O) groups is 2. The van der Waals surface area contributed by atoms with Crippen LogP contribution in [0.1, 0.15) is 0 Å². The van der Waals surface area contributed by atoms with Crippen molar-refractivity contribution in [3.05, 3.63) is 0 Å². The van der Waals surface area contributed by atoms with E-state index in [0.29, 0.717) is 0 Å². The summed E-state index contributed by atoms with van der Waals surface area (Å²) in [5, 5.41) is 16.0. The summed E-state index contributed by atoms with van der Waals surface area (Å²) in [7, 11) is -2.99. The van der Waals surface area contributed by atoms with Gasteiger partial charge >= 0.3 is 21.1 Å². The van der Waals surface area contributed by atoms with E-state index in [1.165, 1.54) is 0 Å². The maximum absolute atomic E-state index is 10.5. The normalized spacial score (nSPS) is 8.67. The van der Waals surface area contributed by atoms with Crippen molar-refractivity contribution in [2.24, 2.45) is 0 Å². The van der Waals surface area contributed by atoms with Crippen LogP contribution >= 0.6 is 0 Å². The molecule has 0 saturated heterocycles. The molecule has 0 spiro atoms. The SMILES string of the molecule is O=C(O)CO[Si](=O)OCC(=O)O. The molecule has 0 aromatic heterocycles. The number of rotatable bonds is 6. The molecule has 0 aromatic carbocycles. The first-order chi connectivity index (χ1) is 5.52. The third kappa shape index (κ3) is 6.67. The van der Waals surface area contributed by atoms with Gasteiger partial charge in [0.05, 0.1) is 0 Å². The molecule has 0 saturated carbocycles. The maximum Gasteiger partial charge on any atom is 0.768 e. The van der Waals surface area contributed by atoms with Gasteiger partial charge in [-0.2, -0.15) is 0 Å². The molecule has 0 fully saturated rings. The van der Waals surface area contributed by atoms with Crippen LogP contribution < -0.4 is 0 Å². The first-order valence-electron chi connectivity index (χ1n) is 2.75. The fourth-order valence-electron chi connectivity index (χ4n) is 0.283. The summed E-state index contributed by atoms with van der Waals surface area (Å²) in [4.78, 5) is 19.6. The van der Waals surface area contributed by atoms with E-state index >= 15 is 0 Å². The summed E-state index contributed by atoms with van der Waals surface area (Å²) in [6.07, 6.45) is 0. The molecular weight excluding hydrogens is 188 g/mol. The van der Waals surface area contributed by atoms with Crippen LogP contribution in [0, 0.1) is 0 Å². The van der Waals surface area contributed by atoms with Crippen LogP contribution in [0.2, 0.25) is 0 Å². The number of hydrogen-bond acceptors (Lipinski definition) is 5. The van der Waals surface area contributed by atoms with Crippen molar-refractivity contribution < 1.29 is 33.1 Å². The minimum atomic E-state index is -2.99. The number of carboxylic acids is 2. The number of aliphatic carboxylic acids is 2. The Kier molecular flexibility index (Phi) is 4.61. The lowest BCUT2D eigenvalue weighted by molar-refractivity contribution is -0.140. The molecule has 7 nitrogen and oxygen atoms in total. The van der Waals surface area contributed by atoms with Gasteiger partial charge in [0.2, 0.25) is 0 Å². The molecule has 0 aliphatic heterocycles. The Morgan fingerprint density at radius 1 is 1.08 bits per heavy atom. The molecule has 0 bridgehead atoms. The predicted octanol–water partition coefficient (Wildman–Crippen LogP) is -1.40. The standard InChI is InChI=1S/C4H6O7Si/c5-3(6)1-10-12(9)11-2-4(7)8/h1-2H2,(H,5,6)(H,7,8). The van der Waals surface area contributed by atoms with Crippen molar-refractivity contribution in [3.63, 3.8) is 0 Å². The Labute approximate surface area is 68.4 Å². The topological polar surface area (TPSA) is 110 Å². The molecule has 0 atom stereocenters. The molecule has 68 valence electrons. The van der Waals surface area contributed by atoms with Gasteiger partial charge in [0.1, 0.15) is 0 Å². The minimum Gasteiger partial charge on any atom is -0.485 e. The molecule has 0 rings (SSSR count). The van der Waals surface area contributed by atoms with E-state index in [2.05, 4.69) is 8.85 Å². The van der Waals surface area contributed by atoms with Gasteiger partial charge in [-0.1, -0.05) is 0 Å². The second kappa shape index (κ2) is 5.24. The lowest BCUT2D eigenvalue weighted by Crippen LogP contribution is -2.20. The summed E-state index contributed by atoms with van der Waals surface area (Å²) in [6, 6.07) is 0. The highest BCUT2D eigenvalue weighted by molar-refractivity contribution is 6.26. The number of carboxylic acid groups (broad SMARTS) is 2. The first kappa shape index (κ1) is 10.6. The van der Waals surface area contributed by atoms with Gasteiger partial charge in [-0.05, 0) is 0 Å². The molecule has 0 aliphatic rings. The average Bonchev–Trinajstić information content (AvgIpc) is 1.96. The minimum absolute atomic E-state index is 0.766. The molecule has 0 amide bonds. The van der Waals surface area contributed by atoms with Crippen molar-refractivity contribution in [1.82, 2.24) is 0 Å². The van der Waals surface area contributed by atoms with Crippen LogP contribution in [0.25, 0.3) is 0 Å². The van der Waals surface area contributed by atoms with Gasteiger partial charge in [-0.3, -0.25) is 4.46 Å².